The van der Waals surface area contributed by atoms with E-state index < -0.39 is 53.6 Å². The lowest BCUT2D eigenvalue weighted by atomic mass is 9.96. The fourth-order valence-corrected chi connectivity index (χ4v) is 12.6. The zero-order valence-electron chi connectivity index (χ0n) is 34.4. The van der Waals surface area contributed by atoms with Crippen LogP contribution in [0, 0.1) is 13.8 Å². The smallest absolute Gasteiger partial charge is 0.213 e. The molecule has 0 bridgehead atoms. The Morgan fingerprint density at radius 2 is 1.32 bits per heavy atom. The molecule has 7 rings (SSSR count). The second kappa shape index (κ2) is 15.2. The number of rotatable bonds is 15. The number of ether oxygens (including phenoxy) is 2. The van der Waals surface area contributed by atoms with E-state index in [1.54, 1.807) is 74.0 Å². The second-order valence-electron chi connectivity index (χ2n) is 16.3. The van der Waals surface area contributed by atoms with Gasteiger partial charge in [-0.15, -0.1) is 0 Å². The number of sulfone groups is 2. The van der Waals surface area contributed by atoms with Gasteiger partial charge in [0, 0.05) is 11.1 Å². The molecule has 0 atom stereocenters. The maximum absolute atomic E-state index is 14.1. The first-order valence-electron chi connectivity index (χ1n) is 18.9. The van der Waals surface area contributed by atoms with Gasteiger partial charge in [0.2, 0.25) is 9.92 Å². The summed E-state index contributed by atoms with van der Waals surface area (Å²) in [6, 6.07) is 9.82. The first kappa shape index (κ1) is 43.1. The lowest BCUT2D eigenvalue weighted by molar-refractivity contribution is -0.391. The Labute approximate surface area is 350 Å². The van der Waals surface area contributed by atoms with Crippen LogP contribution < -0.4 is 9.47 Å². The molecule has 4 aromatic heterocycles. The zero-order valence-corrected chi connectivity index (χ0v) is 37.7. The number of benzene rings is 2. The number of imidazole rings is 2. The van der Waals surface area contributed by atoms with Crippen molar-refractivity contribution in [2.45, 2.75) is 113 Å². The molecule has 0 radical (unpaired) electrons. The molecule has 0 spiro atoms. The Bertz CT molecular complexity index is 2780. The van der Waals surface area contributed by atoms with Gasteiger partial charge in [-0.05, 0) is 112 Å². The monoisotopic (exact) mass is 888 g/mol. The summed E-state index contributed by atoms with van der Waals surface area (Å²) in [4.78, 5) is 22.2. The third-order valence-electron chi connectivity index (χ3n) is 9.82. The van der Waals surface area contributed by atoms with E-state index in [1.807, 2.05) is 13.8 Å². The minimum absolute atomic E-state index is 0.0418. The van der Waals surface area contributed by atoms with Crippen LogP contribution in [0.15, 0.2) is 46.2 Å². The number of hydrogen-bond acceptors (Lipinski definition) is 16. The van der Waals surface area contributed by atoms with Crippen LogP contribution in [0.3, 0.4) is 0 Å². The molecule has 2 N–H and O–H groups in total. The average Bonchev–Trinajstić information content (AvgIpc) is 3.85. The predicted molar refractivity (Wildman–Crippen MR) is 223 cm³/mol. The van der Waals surface area contributed by atoms with Gasteiger partial charge in [-0.1, -0.05) is 22.7 Å². The van der Waals surface area contributed by atoms with Crippen molar-refractivity contribution in [1.82, 2.24) is 29.2 Å². The Hall–Kier alpha value is -4.02. The van der Waals surface area contributed by atoms with Crippen molar-refractivity contribution in [3.63, 3.8) is 0 Å². The lowest BCUT2D eigenvalue weighted by Crippen LogP contribution is -2.42. The Balaban J connectivity index is 1.08. The number of aryl methyl sites for hydroxylation is 2. The number of nitrogens with zero attached hydrogens (tertiary/aromatic N) is 6. The molecular weight excluding hydrogens is 841 g/mol. The molecule has 1 saturated carbocycles. The fourth-order valence-electron chi connectivity index (χ4n) is 6.87. The number of hydrogen-bond donors (Lipinski definition) is 2. The first-order valence-corrected chi connectivity index (χ1v) is 23.7. The van der Waals surface area contributed by atoms with Crippen molar-refractivity contribution in [3.8, 4) is 34.0 Å². The summed E-state index contributed by atoms with van der Waals surface area (Å²) in [6.07, 6.45) is -0.141. The van der Waals surface area contributed by atoms with Crippen LogP contribution in [-0.2, 0) is 40.7 Å². The molecule has 16 nitrogen and oxygen atoms in total. The summed E-state index contributed by atoms with van der Waals surface area (Å²) in [5, 5.41) is 30.5. The van der Waals surface area contributed by atoms with Gasteiger partial charge >= 0.3 is 0 Å². The minimum Gasteiger partial charge on any atom is -0.495 e. The van der Waals surface area contributed by atoms with Crippen molar-refractivity contribution in [1.29, 1.82) is 0 Å². The minimum atomic E-state index is -3.95. The summed E-state index contributed by atoms with van der Waals surface area (Å²) >= 11 is 2.54. The van der Waals surface area contributed by atoms with Gasteiger partial charge in [0.25, 0.3) is 0 Å². The molecule has 0 saturated heterocycles. The lowest BCUT2D eigenvalue weighted by Gasteiger charge is -2.35. The topological polar surface area (TPSA) is 206 Å². The third kappa shape index (κ3) is 8.25. The van der Waals surface area contributed by atoms with Crippen molar-refractivity contribution in [3.05, 3.63) is 57.8 Å². The zero-order chi connectivity index (χ0) is 43.0. The van der Waals surface area contributed by atoms with Crippen molar-refractivity contribution in [2.24, 2.45) is 0 Å². The molecular formula is C39H48N6O10S4. The number of methoxy groups -OCH3 is 1. The van der Waals surface area contributed by atoms with Crippen LogP contribution >= 0.6 is 22.7 Å². The van der Waals surface area contributed by atoms with Gasteiger partial charge in [0.05, 0.1) is 59.2 Å². The number of fused-ring (bicyclic) bond motifs is 2. The van der Waals surface area contributed by atoms with Crippen LogP contribution in [0.1, 0.15) is 82.7 Å². The van der Waals surface area contributed by atoms with Crippen molar-refractivity contribution >= 4 is 52.3 Å². The molecule has 20 heteroatoms. The summed E-state index contributed by atoms with van der Waals surface area (Å²) < 4.78 is 69.5. The van der Waals surface area contributed by atoms with Gasteiger partial charge in [-0.25, -0.2) is 45.6 Å². The van der Waals surface area contributed by atoms with Gasteiger partial charge in [-0.2, -0.15) is 10.2 Å². The standard InChI is InChI=1S/C39H48N6O10S4/c1-11-53-28-15-13-23(16-29(28)58(48,49)20-37(4,5)46)31-21(2)41-36-45(31)43-34(57-36)39(8,9)55-54-25-18-26(19-25)59(50,51)30-17-24(12-14-27(30)52-10)32-22(3)40-35-44(32)42-33(56-35)38(6,7)47/h12-17,25-26,46-47H,11,18-20H2,1-10H3/t25-,26-. The summed E-state index contributed by atoms with van der Waals surface area (Å²) in [5.41, 5.74) is -0.0982. The Morgan fingerprint density at radius 1 is 0.797 bits per heavy atom. The van der Waals surface area contributed by atoms with Crippen LogP contribution in [0.2, 0.25) is 0 Å². The summed E-state index contributed by atoms with van der Waals surface area (Å²) in [7, 11) is -6.41. The molecule has 0 amide bonds. The quantitative estimate of drug-likeness (QED) is 0.0869. The van der Waals surface area contributed by atoms with E-state index in [1.165, 1.54) is 49.7 Å². The number of aliphatic hydroxyl groups is 2. The predicted octanol–water partition coefficient (Wildman–Crippen LogP) is 6.21. The molecule has 2 aromatic carbocycles. The van der Waals surface area contributed by atoms with Crippen LogP contribution in [0.25, 0.3) is 32.4 Å². The van der Waals surface area contributed by atoms with Crippen LogP contribution in [0.4, 0.5) is 0 Å². The number of aromatic nitrogens is 6. The van der Waals surface area contributed by atoms with Gasteiger partial charge in [-0.3, -0.25) is 0 Å². The highest BCUT2D eigenvalue weighted by Crippen LogP contribution is 2.42. The van der Waals surface area contributed by atoms with E-state index in [2.05, 4.69) is 10.1 Å². The maximum atomic E-state index is 14.1. The van der Waals surface area contributed by atoms with Crippen molar-refractivity contribution < 1.29 is 46.3 Å². The third-order valence-corrected chi connectivity index (χ3v) is 16.5. The average molecular weight is 889 g/mol. The second-order valence-corrected chi connectivity index (χ2v) is 22.4. The SMILES string of the molecule is CCOc1ccc(-c2c(C)nc3sc(C(C)(C)OO[C@H]4C[C@H](S(=O)(=O)c5cc(-c6c(C)nc7sc(C(C)(C)O)nn67)ccc5OC)C4)nn23)cc1S(=O)(=O)CC(C)(C)O. The normalized spacial score (nSPS) is 16.9. The van der Waals surface area contributed by atoms with Gasteiger partial charge in [0.15, 0.2) is 30.3 Å². The molecule has 1 fully saturated rings. The highest BCUT2D eigenvalue weighted by atomic mass is 32.2. The summed E-state index contributed by atoms with van der Waals surface area (Å²) in [5.74, 6) is -0.0988. The molecule has 6 aromatic rings. The molecule has 1 aliphatic carbocycles. The van der Waals surface area contributed by atoms with E-state index in [4.69, 9.17) is 29.3 Å². The van der Waals surface area contributed by atoms with Crippen molar-refractivity contribution in [2.75, 3.05) is 19.5 Å². The fraction of sp³-hybridized carbons (Fsp3) is 0.487. The highest BCUT2D eigenvalue weighted by Gasteiger charge is 2.44. The molecule has 4 heterocycles. The van der Waals surface area contributed by atoms with Gasteiger partial charge in [0.1, 0.15) is 31.9 Å². The largest absolute Gasteiger partial charge is 0.495 e. The molecule has 0 aliphatic heterocycles. The van der Waals surface area contributed by atoms with Crippen LogP contribution in [0.5, 0.6) is 11.5 Å². The molecule has 59 heavy (non-hydrogen) atoms. The summed E-state index contributed by atoms with van der Waals surface area (Å²) in [6.45, 7) is 15.4. The Morgan fingerprint density at radius 3 is 1.85 bits per heavy atom. The van der Waals surface area contributed by atoms with E-state index in [-0.39, 0.29) is 40.7 Å². The molecule has 0 unspecified atom stereocenters. The van der Waals surface area contributed by atoms with E-state index >= 15 is 0 Å². The maximum Gasteiger partial charge on any atom is 0.213 e. The molecule has 1 aliphatic rings. The van der Waals surface area contributed by atoms with E-state index in [9.17, 15) is 27.0 Å². The first-order chi connectivity index (χ1) is 27.4. The Kier molecular flexibility index (Phi) is 11.1. The van der Waals surface area contributed by atoms with Crippen LogP contribution in [-0.4, -0.2) is 92.7 Å². The van der Waals surface area contributed by atoms with E-state index in [0.29, 0.717) is 53.8 Å². The van der Waals surface area contributed by atoms with Gasteiger partial charge < -0.3 is 19.7 Å². The van der Waals surface area contributed by atoms with E-state index in [0.717, 1.165) is 0 Å². The molecule has 318 valence electrons. The highest BCUT2D eigenvalue weighted by molar-refractivity contribution is 7.92.